The average molecular weight is 270 g/mol. The fraction of sp³-hybridized carbons (Fsp3) is 0.933. The number of esters is 1. The summed E-state index contributed by atoms with van der Waals surface area (Å²) in [4.78, 5) is 13.8. The summed E-state index contributed by atoms with van der Waals surface area (Å²) in [7, 11) is 0. The predicted octanol–water partition coefficient (Wildman–Crippen LogP) is 2.18. The topological polar surface area (TPSA) is 41.6 Å². The lowest BCUT2D eigenvalue weighted by Crippen LogP contribution is -2.34. The van der Waals surface area contributed by atoms with Crippen LogP contribution in [0.5, 0.6) is 0 Å². The van der Waals surface area contributed by atoms with Gasteiger partial charge in [-0.05, 0) is 66.1 Å². The summed E-state index contributed by atoms with van der Waals surface area (Å²) < 4.78 is 4.92. The van der Waals surface area contributed by atoms with Gasteiger partial charge >= 0.3 is 5.97 Å². The molecule has 1 heterocycles. The number of nitrogens with zero attached hydrogens (tertiary/aromatic N) is 1. The second-order valence-electron chi connectivity index (χ2n) is 5.62. The van der Waals surface area contributed by atoms with Crippen LogP contribution < -0.4 is 5.32 Å². The van der Waals surface area contributed by atoms with Crippen LogP contribution in [0.3, 0.4) is 0 Å². The van der Waals surface area contributed by atoms with E-state index in [4.69, 9.17) is 4.74 Å². The Morgan fingerprint density at radius 2 is 2.16 bits per heavy atom. The Morgan fingerprint density at radius 3 is 2.84 bits per heavy atom. The standard InChI is InChI=1S/C15H30N2O2/c1-4-19-15(18)8-5-10-16-14-7-6-11-17(12-9-14)13(2)3/h13-14,16H,4-12H2,1-3H3. The van der Waals surface area contributed by atoms with Crippen LogP contribution in [-0.4, -0.2) is 49.2 Å². The Morgan fingerprint density at radius 1 is 1.37 bits per heavy atom. The van der Waals surface area contributed by atoms with Crippen molar-refractivity contribution in [3.05, 3.63) is 0 Å². The SMILES string of the molecule is CCOC(=O)CCCNC1CCCN(C(C)C)CC1. The summed E-state index contributed by atoms with van der Waals surface area (Å²) in [6.45, 7) is 10.2. The van der Waals surface area contributed by atoms with Crippen molar-refractivity contribution < 1.29 is 9.53 Å². The number of nitrogens with one attached hydrogen (secondary N) is 1. The molecule has 0 aromatic heterocycles. The number of ether oxygens (including phenoxy) is 1. The van der Waals surface area contributed by atoms with E-state index in [0.29, 0.717) is 25.1 Å². The second kappa shape index (κ2) is 9.32. The van der Waals surface area contributed by atoms with Gasteiger partial charge in [0, 0.05) is 18.5 Å². The quantitative estimate of drug-likeness (QED) is 0.569. The molecule has 4 nitrogen and oxygen atoms in total. The fourth-order valence-corrected chi connectivity index (χ4v) is 2.61. The first kappa shape index (κ1) is 16.4. The van der Waals surface area contributed by atoms with Crippen LogP contribution in [0.15, 0.2) is 0 Å². The highest BCUT2D eigenvalue weighted by molar-refractivity contribution is 5.69. The number of rotatable bonds is 7. The first-order valence-electron chi connectivity index (χ1n) is 7.76. The highest BCUT2D eigenvalue weighted by atomic mass is 16.5. The van der Waals surface area contributed by atoms with Gasteiger partial charge in [-0.2, -0.15) is 0 Å². The summed E-state index contributed by atoms with van der Waals surface area (Å²) in [6.07, 6.45) is 5.16. The molecule has 1 atom stereocenters. The monoisotopic (exact) mass is 270 g/mol. The van der Waals surface area contributed by atoms with Crippen molar-refractivity contribution in [1.82, 2.24) is 10.2 Å². The van der Waals surface area contributed by atoms with Crippen molar-refractivity contribution in [1.29, 1.82) is 0 Å². The maximum Gasteiger partial charge on any atom is 0.305 e. The molecule has 0 aromatic rings. The first-order chi connectivity index (χ1) is 9.13. The van der Waals surface area contributed by atoms with Crippen LogP contribution in [0.25, 0.3) is 0 Å². The Bertz CT molecular complexity index is 257. The molecule has 0 bridgehead atoms. The third kappa shape index (κ3) is 6.92. The molecule has 1 aliphatic heterocycles. The molecule has 19 heavy (non-hydrogen) atoms. The van der Waals surface area contributed by atoms with E-state index >= 15 is 0 Å². The minimum atomic E-state index is -0.0730. The second-order valence-corrected chi connectivity index (χ2v) is 5.62. The molecule has 1 aliphatic rings. The number of carbonyl (C=O) groups is 1. The number of carbonyl (C=O) groups excluding carboxylic acids is 1. The molecular weight excluding hydrogens is 240 g/mol. The molecule has 1 fully saturated rings. The summed E-state index contributed by atoms with van der Waals surface area (Å²) in [5, 5.41) is 3.58. The Balaban J connectivity index is 2.11. The van der Waals surface area contributed by atoms with E-state index in [0.717, 1.165) is 13.0 Å². The van der Waals surface area contributed by atoms with Crippen LogP contribution >= 0.6 is 0 Å². The van der Waals surface area contributed by atoms with Gasteiger partial charge in [0.25, 0.3) is 0 Å². The molecule has 112 valence electrons. The van der Waals surface area contributed by atoms with Gasteiger partial charge in [0.05, 0.1) is 6.61 Å². The average Bonchev–Trinajstić information content (AvgIpc) is 2.60. The fourth-order valence-electron chi connectivity index (χ4n) is 2.61. The van der Waals surface area contributed by atoms with E-state index in [1.54, 1.807) is 0 Å². The lowest BCUT2D eigenvalue weighted by molar-refractivity contribution is -0.143. The maximum absolute atomic E-state index is 11.2. The van der Waals surface area contributed by atoms with Crippen LogP contribution in [0.1, 0.15) is 52.9 Å². The third-order valence-electron chi connectivity index (χ3n) is 3.79. The van der Waals surface area contributed by atoms with Crippen molar-refractivity contribution in [2.75, 3.05) is 26.2 Å². The molecule has 0 saturated carbocycles. The van der Waals surface area contributed by atoms with Crippen molar-refractivity contribution in [3.63, 3.8) is 0 Å². The zero-order valence-corrected chi connectivity index (χ0v) is 12.8. The number of likely N-dealkylation sites (tertiary alicyclic amines) is 1. The highest BCUT2D eigenvalue weighted by Gasteiger charge is 2.17. The van der Waals surface area contributed by atoms with Crippen LogP contribution in [0.2, 0.25) is 0 Å². The van der Waals surface area contributed by atoms with Crippen LogP contribution in [0.4, 0.5) is 0 Å². The van der Waals surface area contributed by atoms with E-state index in [-0.39, 0.29) is 5.97 Å². The van der Waals surface area contributed by atoms with E-state index in [1.807, 2.05) is 6.92 Å². The van der Waals surface area contributed by atoms with Gasteiger partial charge in [0.1, 0.15) is 0 Å². The van der Waals surface area contributed by atoms with Crippen molar-refractivity contribution >= 4 is 5.97 Å². The number of hydrogen-bond acceptors (Lipinski definition) is 4. The Kier molecular flexibility index (Phi) is 8.07. The van der Waals surface area contributed by atoms with E-state index in [2.05, 4.69) is 24.1 Å². The zero-order chi connectivity index (χ0) is 14.1. The van der Waals surface area contributed by atoms with E-state index < -0.39 is 0 Å². The normalized spacial score (nSPS) is 21.4. The smallest absolute Gasteiger partial charge is 0.305 e. The molecule has 0 aliphatic carbocycles. The van der Waals surface area contributed by atoms with Crippen LogP contribution in [0, 0.1) is 0 Å². The summed E-state index contributed by atoms with van der Waals surface area (Å²) in [6, 6.07) is 1.27. The minimum Gasteiger partial charge on any atom is -0.466 e. The highest BCUT2D eigenvalue weighted by Crippen LogP contribution is 2.13. The molecule has 1 unspecified atom stereocenters. The lowest BCUT2D eigenvalue weighted by atomic mass is 10.1. The molecule has 0 radical (unpaired) electrons. The molecule has 0 spiro atoms. The third-order valence-corrected chi connectivity index (χ3v) is 3.79. The Labute approximate surface area is 117 Å². The van der Waals surface area contributed by atoms with Gasteiger partial charge < -0.3 is 15.0 Å². The summed E-state index contributed by atoms with van der Waals surface area (Å²) in [5.41, 5.74) is 0. The van der Waals surface area contributed by atoms with Gasteiger partial charge in [-0.1, -0.05) is 0 Å². The summed E-state index contributed by atoms with van der Waals surface area (Å²) >= 11 is 0. The molecule has 0 aromatic carbocycles. The lowest BCUT2D eigenvalue weighted by Gasteiger charge is -2.24. The van der Waals surface area contributed by atoms with Crippen molar-refractivity contribution in [3.8, 4) is 0 Å². The summed E-state index contributed by atoms with van der Waals surface area (Å²) in [5.74, 6) is -0.0730. The molecule has 0 amide bonds. The molecule has 4 heteroatoms. The van der Waals surface area contributed by atoms with Crippen molar-refractivity contribution in [2.24, 2.45) is 0 Å². The first-order valence-corrected chi connectivity index (χ1v) is 7.76. The van der Waals surface area contributed by atoms with Crippen LogP contribution in [-0.2, 0) is 9.53 Å². The minimum absolute atomic E-state index is 0.0730. The molecule has 1 N–H and O–H groups in total. The molecular formula is C15H30N2O2. The Hall–Kier alpha value is -0.610. The zero-order valence-electron chi connectivity index (χ0n) is 12.8. The molecule has 1 saturated heterocycles. The van der Waals surface area contributed by atoms with Gasteiger partial charge in [0.15, 0.2) is 0 Å². The van der Waals surface area contributed by atoms with Gasteiger partial charge in [-0.3, -0.25) is 4.79 Å². The van der Waals surface area contributed by atoms with E-state index in [9.17, 15) is 4.79 Å². The van der Waals surface area contributed by atoms with Gasteiger partial charge in [0.2, 0.25) is 0 Å². The van der Waals surface area contributed by atoms with E-state index in [1.165, 1.54) is 32.4 Å². The number of hydrogen-bond donors (Lipinski definition) is 1. The van der Waals surface area contributed by atoms with Gasteiger partial charge in [-0.15, -0.1) is 0 Å². The molecule has 1 rings (SSSR count). The maximum atomic E-state index is 11.2. The van der Waals surface area contributed by atoms with Crippen molar-refractivity contribution in [2.45, 2.75) is 65.0 Å². The predicted molar refractivity (Wildman–Crippen MR) is 78.2 cm³/mol. The van der Waals surface area contributed by atoms with Gasteiger partial charge in [-0.25, -0.2) is 0 Å². The largest absolute Gasteiger partial charge is 0.466 e.